The van der Waals surface area contributed by atoms with Gasteiger partial charge in [0.05, 0.1) is 39.9 Å². The van der Waals surface area contributed by atoms with Gasteiger partial charge in [0.15, 0.2) is 11.4 Å². The molecule has 14 heteroatoms. The van der Waals surface area contributed by atoms with Crippen LogP contribution in [-0.4, -0.2) is 95.8 Å². The number of amides is 1. The summed E-state index contributed by atoms with van der Waals surface area (Å²) in [7, 11) is 2.89. The smallest absolute Gasteiger partial charge is 0.335 e. The number of carboxylic acids is 1. The van der Waals surface area contributed by atoms with E-state index in [4.69, 9.17) is 5.73 Å². The second kappa shape index (κ2) is 11.1. The van der Waals surface area contributed by atoms with E-state index in [0.717, 1.165) is 0 Å². The van der Waals surface area contributed by atoms with E-state index in [9.17, 15) is 49.8 Å². The van der Waals surface area contributed by atoms with Gasteiger partial charge in [0, 0.05) is 34.4 Å². The van der Waals surface area contributed by atoms with Crippen molar-refractivity contribution < 1.29 is 49.8 Å². The van der Waals surface area contributed by atoms with Crippen molar-refractivity contribution in [2.45, 2.75) is 37.0 Å². The summed E-state index contributed by atoms with van der Waals surface area (Å²) in [5, 5.41) is 69.3. The Bertz CT molecular complexity index is 1960. The molecule has 0 radical (unpaired) electrons. The largest absolute Gasteiger partial charge is 0.508 e. The zero-order chi connectivity index (χ0) is 34.3. The molecular formula is C33H31N3O10S. The molecule has 47 heavy (non-hydrogen) atoms. The molecule has 0 saturated heterocycles. The van der Waals surface area contributed by atoms with Gasteiger partial charge in [-0.1, -0.05) is 31.2 Å². The number of primary amides is 1. The number of carboxylic acid groups (broad SMARTS) is 1. The highest BCUT2D eigenvalue weighted by Gasteiger charge is 2.68. The number of aliphatic hydroxyl groups is 4. The number of aromatic nitrogens is 1. The lowest BCUT2D eigenvalue weighted by atomic mass is 9.54. The number of hydrogen-bond donors (Lipinski definition) is 7. The van der Waals surface area contributed by atoms with E-state index >= 15 is 0 Å². The third kappa shape index (κ3) is 4.58. The molecule has 3 aliphatic rings. The number of ketones is 2. The number of phenolic OH excluding ortho intramolecular Hbond substituents is 1. The van der Waals surface area contributed by atoms with Gasteiger partial charge in [-0.2, -0.15) is 0 Å². The highest BCUT2D eigenvalue weighted by atomic mass is 32.1. The fraction of sp³-hybridized carbons (Fsp3) is 0.303. The van der Waals surface area contributed by atoms with Crippen molar-refractivity contribution >= 4 is 40.5 Å². The molecule has 1 amide bonds. The summed E-state index contributed by atoms with van der Waals surface area (Å²) in [5.74, 6) is -10.6. The molecule has 8 N–H and O–H groups in total. The first kappa shape index (κ1) is 32.1. The number of likely N-dealkylation sites (N-methyl/N-ethyl adjacent to an activating group) is 1. The van der Waals surface area contributed by atoms with Gasteiger partial charge in [0.25, 0.3) is 5.91 Å². The summed E-state index contributed by atoms with van der Waals surface area (Å²) < 4.78 is 0. The molecule has 1 aromatic heterocycles. The topological polar surface area (TPSA) is 232 Å². The molecular weight excluding hydrogens is 630 g/mol. The number of aliphatic hydroxyl groups excluding tert-OH is 3. The quantitative estimate of drug-likeness (QED) is 0.188. The summed E-state index contributed by atoms with van der Waals surface area (Å²) in [6.45, 7) is 1.66. The first-order valence-corrected chi connectivity index (χ1v) is 15.4. The standard InChI is InChI=1S/C33H31N3O10S/c1-12-16-8-7-14(10-18-35-17(11-47-18)13-5-4-6-15(9-13)32(44)45)25(37)20(16)26(38)21-19(12)27(39)23-24(36(2)3)28(40)22(31(34)43)30(42)33(23,46)29(21)41/h4-9,11-12,19,23-24,27,37-39,42,46H,10H2,1-3H3,(H2,34,43)(H,44,45)/t12-,19+,23+,24-,27-,33-/m0/s1. The Balaban J connectivity index is 1.44. The van der Waals surface area contributed by atoms with Crippen LogP contribution in [0.15, 0.2) is 58.7 Å². The molecule has 1 saturated carbocycles. The number of Topliss-reactive ketones (excluding diaryl/α,β-unsaturated/α-hetero) is 2. The number of benzene rings is 2. The van der Waals surface area contributed by atoms with Gasteiger partial charge in [0.1, 0.15) is 22.8 Å². The van der Waals surface area contributed by atoms with Crippen LogP contribution >= 0.6 is 11.3 Å². The molecule has 0 unspecified atom stereocenters. The summed E-state index contributed by atoms with van der Waals surface area (Å²) in [6.07, 6.45) is -1.58. The van der Waals surface area contributed by atoms with Crippen LogP contribution < -0.4 is 5.73 Å². The van der Waals surface area contributed by atoms with Crippen LogP contribution in [-0.2, 0) is 20.8 Å². The zero-order valence-corrected chi connectivity index (χ0v) is 26.1. The molecule has 13 nitrogen and oxygen atoms in total. The van der Waals surface area contributed by atoms with Crippen molar-refractivity contribution in [1.29, 1.82) is 0 Å². The Morgan fingerprint density at radius 3 is 2.45 bits per heavy atom. The van der Waals surface area contributed by atoms with Gasteiger partial charge in [-0.15, -0.1) is 11.3 Å². The Morgan fingerprint density at radius 1 is 1.11 bits per heavy atom. The number of aromatic carboxylic acids is 1. The number of fused-ring (bicyclic) bond motifs is 3. The number of phenols is 1. The van der Waals surface area contributed by atoms with E-state index in [1.165, 1.54) is 42.5 Å². The normalized spacial score (nSPS) is 27.1. The third-order valence-electron chi connectivity index (χ3n) is 9.51. The van der Waals surface area contributed by atoms with Crippen molar-refractivity contribution in [1.82, 2.24) is 9.88 Å². The predicted octanol–water partition coefficient (Wildman–Crippen LogP) is 1.91. The number of carbonyl (C=O) groups excluding carboxylic acids is 3. The van der Waals surface area contributed by atoms with Crippen LogP contribution in [0.1, 0.15) is 44.9 Å². The molecule has 0 spiro atoms. The molecule has 1 heterocycles. The summed E-state index contributed by atoms with van der Waals surface area (Å²) in [4.78, 5) is 57.0. The minimum Gasteiger partial charge on any atom is -0.508 e. The van der Waals surface area contributed by atoms with Gasteiger partial charge < -0.3 is 36.4 Å². The van der Waals surface area contributed by atoms with Crippen molar-refractivity contribution in [3.63, 3.8) is 0 Å². The van der Waals surface area contributed by atoms with E-state index in [1.54, 1.807) is 36.6 Å². The minimum absolute atomic E-state index is 0.101. The lowest BCUT2D eigenvalue weighted by molar-refractivity contribution is -0.169. The first-order valence-electron chi connectivity index (χ1n) is 14.6. The van der Waals surface area contributed by atoms with Gasteiger partial charge in [-0.05, 0) is 37.7 Å². The maximum Gasteiger partial charge on any atom is 0.335 e. The predicted molar refractivity (Wildman–Crippen MR) is 168 cm³/mol. The molecule has 244 valence electrons. The van der Waals surface area contributed by atoms with Crippen molar-refractivity contribution in [3.05, 3.63) is 85.9 Å². The van der Waals surface area contributed by atoms with Crippen LogP contribution in [0.4, 0.5) is 0 Å². The van der Waals surface area contributed by atoms with E-state index in [1.807, 2.05) is 0 Å². The zero-order valence-electron chi connectivity index (χ0n) is 25.3. The lowest BCUT2D eigenvalue weighted by Gasteiger charge is -2.53. The fourth-order valence-electron chi connectivity index (χ4n) is 7.30. The molecule has 1 fully saturated rings. The highest BCUT2D eigenvalue weighted by Crippen LogP contribution is 2.56. The maximum atomic E-state index is 14.2. The van der Waals surface area contributed by atoms with E-state index in [-0.39, 0.29) is 23.3 Å². The summed E-state index contributed by atoms with van der Waals surface area (Å²) in [5.41, 5.74) is 2.76. The second-order valence-corrected chi connectivity index (χ2v) is 13.2. The average molecular weight is 662 g/mol. The summed E-state index contributed by atoms with van der Waals surface area (Å²) >= 11 is 1.27. The molecule has 3 aliphatic carbocycles. The Morgan fingerprint density at radius 2 is 1.81 bits per heavy atom. The van der Waals surface area contributed by atoms with Crippen LogP contribution in [0.5, 0.6) is 5.75 Å². The molecule has 6 atom stereocenters. The second-order valence-electron chi connectivity index (χ2n) is 12.3. The molecule has 3 aromatic rings. The van der Waals surface area contributed by atoms with Gasteiger partial charge in [-0.25, -0.2) is 9.78 Å². The van der Waals surface area contributed by atoms with Gasteiger partial charge in [0.2, 0.25) is 5.78 Å². The van der Waals surface area contributed by atoms with Crippen LogP contribution in [0.25, 0.3) is 17.0 Å². The van der Waals surface area contributed by atoms with E-state index < -0.39 is 81.6 Å². The Kier molecular flexibility index (Phi) is 7.59. The number of nitrogens with two attached hydrogens (primary N) is 1. The van der Waals surface area contributed by atoms with Crippen LogP contribution in [0.3, 0.4) is 0 Å². The number of aromatic hydroxyl groups is 1. The fourth-order valence-corrected chi connectivity index (χ4v) is 8.13. The highest BCUT2D eigenvalue weighted by molar-refractivity contribution is 7.10. The lowest BCUT2D eigenvalue weighted by Crippen LogP contribution is -2.70. The molecule has 2 aromatic carbocycles. The van der Waals surface area contributed by atoms with Gasteiger partial charge >= 0.3 is 5.97 Å². The van der Waals surface area contributed by atoms with Crippen LogP contribution in [0.2, 0.25) is 0 Å². The molecule has 0 aliphatic heterocycles. The molecule has 6 rings (SSSR count). The van der Waals surface area contributed by atoms with E-state index in [2.05, 4.69) is 4.98 Å². The van der Waals surface area contributed by atoms with Crippen molar-refractivity contribution in [2.75, 3.05) is 14.1 Å². The number of hydrogen-bond acceptors (Lipinski definition) is 12. The summed E-state index contributed by atoms with van der Waals surface area (Å²) in [6, 6.07) is 8.13. The van der Waals surface area contributed by atoms with Crippen molar-refractivity contribution in [2.24, 2.45) is 17.6 Å². The minimum atomic E-state index is -2.99. The first-order chi connectivity index (χ1) is 22.1. The van der Waals surface area contributed by atoms with Crippen LogP contribution in [0, 0.1) is 11.8 Å². The van der Waals surface area contributed by atoms with E-state index in [0.29, 0.717) is 27.4 Å². The molecule has 0 bridgehead atoms. The maximum absolute atomic E-state index is 14.2. The van der Waals surface area contributed by atoms with Crippen molar-refractivity contribution in [3.8, 4) is 17.0 Å². The Labute approximate surface area is 271 Å². The number of rotatable bonds is 6. The number of thiazole rings is 1. The van der Waals surface area contributed by atoms with Gasteiger partial charge in [-0.3, -0.25) is 19.3 Å². The monoisotopic (exact) mass is 661 g/mol. The SMILES string of the molecule is C[C@H]1c2ccc(Cc3nc(-c4cccc(C(=O)O)c4)cs3)c(O)c2C(O)=C2C(=O)[C@]3(O)C(O)=C(C(N)=O)C(=O)[C@@H](N(C)C)[C@@H]3[C@@H](O)[C@@H]21. The third-order valence-corrected chi connectivity index (χ3v) is 10.4. The average Bonchev–Trinajstić information content (AvgIpc) is 3.48. The number of nitrogens with zero attached hydrogens (tertiary/aromatic N) is 2. The number of carbonyl (C=O) groups is 4. The Hall–Kier alpha value is -4.89.